The predicted octanol–water partition coefficient (Wildman–Crippen LogP) is 0.828. The molecule has 0 radical (unpaired) electrons. The normalized spacial score (nSPS) is 24.3. The minimum atomic E-state index is -0.183. The third-order valence-electron chi connectivity index (χ3n) is 4.36. The molecule has 1 N–H and O–H groups in total. The number of amides is 3. The van der Waals surface area contributed by atoms with Crippen LogP contribution < -0.4 is 5.32 Å². The Kier molecular flexibility index (Phi) is 4.29. The number of carbonyl (C=O) groups excluding carboxylic acids is 2. The number of hydrogen-bond donors (Lipinski definition) is 1. The Morgan fingerprint density at radius 1 is 1.32 bits per heavy atom. The lowest BCUT2D eigenvalue weighted by Gasteiger charge is -2.36. The summed E-state index contributed by atoms with van der Waals surface area (Å²) in [5, 5.41) is 2.88. The molecule has 2 saturated heterocycles. The van der Waals surface area contributed by atoms with Crippen LogP contribution in [-0.2, 0) is 16.1 Å². The van der Waals surface area contributed by atoms with E-state index in [2.05, 4.69) is 5.32 Å². The third kappa shape index (κ3) is 3.06. The van der Waals surface area contributed by atoms with E-state index < -0.39 is 0 Å². The highest BCUT2D eigenvalue weighted by Gasteiger charge is 2.41. The number of methoxy groups -OCH3 is 1. The molecule has 1 aromatic carbocycles. The zero-order chi connectivity index (χ0) is 15.5. The largest absolute Gasteiger partial charge is 0.380 e. The van der Waals surface area contributed by atoms with Crippen molar-refractivity contribution in [3.05, 3.63) is 35.9 Å². The Balaban J connectivity index is 1.56. The number of carbonyl (C=O) groups is 2. The lowest BCUT2D eigenvalue weighted by molar-refractivity contribution is -0.136. The maximum absolute atomic E-state index is 12.3. The summed E-state index contributed by atoms with van der Waals surface area (Å²) in [5.41, 5.74) is 1.04. The van der Waals surface area contributed by atoms with Crippen molar-refractivity contribution in [2.75, 3.05) is 26.7 Å². The Morgan fingerprint density at radius 3 is 2.82 bits per heavy atom. The van der Waals surface area contributed by atoms with Crippen molar-refractivity contribution < 1.29 is 14.3 Å². The molecule has 0 aliphatic carbocycles. The van der Waals surface area contributed by atoms with Gasteiger partial charge in [-0.25, -0.2) is 4.79 Å². The van der Waals surface area contributed by atoms with Crippen molar-refractivity contribution in [2.45, 2.75) is 25.1 Å². The van der Waals surface area contributed by atoms with Gasteiger partial charge < -0.3 is 19.9 Å². The zero-order valence-electron chi connectivity index (χ0n) is 12.7. The molecule has 22 heavy (non-hydrogen) atoms. The monoisotopic (exact) mass is 303 g/mol. The summed E-state index contributed by atoms with van der Waals surface area (Å²) < 4.78 is 5.34. The standard InChI is InChI=1S/C16H21N3O3/c1-22-14-7-13-9-18(11-15(20)19(13)10-14)16(21)17-8-12-5-3-2-4-6-12/h2-6,13-14H,7-11H2,1H3,(H,17,21)/t13-,14-/m0/s1. The molecule has 0 aromatic heterocycles. The second-order valence-electron chi connectivity index (χ2n) is 5.82. The number of nitrogens with one attached hydrogen (secondary N) is 1. The van der Waals surface area contributed by atoms with Crippen molar-refractivity contribution in [3.8, 4) is 0 Å². The third-order valence-corrected chi connectivity index (χ3v) is 4.36. The fourth-order valence-electron chi connectivity index (χ4n) is 3.14. The van der Waals surface area contributed by atoms with E-state index >= 15 is 0 Å². The average Bonchev–Trinajstić information content (AvgIpc) is 2.97. The summed E-state index contributed by atoms with van der Waals surface area (Å²) in [6.07, 6.45) is 0.881. The Labute approximate surface area is 130 Å². The Morgan fingerprint density at radius 2 is 2.09 bits per heavy atom. The van der Waals surface area contributed by atoms with E-state index in [1.54, 1.807) is 12.0 Å². The lowest BCUT2D eigenvalue weighted by Crippen LogP contribution is -2.57. The molecule has 118 valence electrons. The number of ether oxygens (including phenoxy) is 1. The molecule has 0 saturated carbocycles. The van der Waals surface area contributed by atoms with E-state index in [-0.39, 0.29) is 30.6 Å². The molecule has 2 aliphatic rings. The molecule has 6 heteroatoms. The van der Waals surface area contributed by atoms with Gasteiger partial charge in [0.1, 0.15) is 6.54 Å². The van der Waals surface area contributed by atoms with E-state index in [0.717, 1.165) is 12.0 Å². The number of piperazine rings is 1. The number of hydrogen-bond acceptors (Lipinski definition) is 3. The van der Waals surface area contributed by atoms with Gasteiger partial charge >= 0.3 is 6.03 Å². The van der Waals surface area contributed by atoms with Gasteiger partial charge in [0.05, 0.1) is 12.1 Å². The number of fused-ring (bicyclic) bond motifs is 1. The van der Waals surface area contributed by atoms with E-state index in [4.69, 9.17) is 4.74 Å². The summed E-state index contributed by atoms with van der Waals surface area (Å²) in [5.74, 6) is 0.00524. The van der Waals surface area contributed by atoms with Gasteiger partial charge in [0.2, 0.25) is 5.91 Å². The number of benzene rings is 1. The molecular formula is C16H21N3O3. The van der Waals surface area contributed by atoms with Crippen LogP contribution in [0, 0.1) is 0 Å². The van der Waals surface area contributed by atoms with Crippen molar-refractivity contribution in [1.29, 1.82) is 0 Å². The van der Waals surface area contributed by atoms with Crippen LogP contribution in [0.25, 0.3) is 0 Å². The molecule has 6 nitrogen and oxygen atoms in total. The molecule has 2 atom stereocenters. The zero-order valence-corrected chi connectivity index (χ0v) is 12.7. The SMILES string of the molecule is CO[C@H]1C[C@H]2CN(C(=O)NCc3ccccc3)CC(=O)N2C1. The lowest BCUT2D eigenvalue weighted by atomic mass is 10.1. The van der Waals surface area contributed by atoms with Gasteiger partial charge in [-0.1, -0.05) is 30.3 Å². The highest BCUT2D eigenvalue weighted by Crippen LogP contribution is 2.24. The smallest absolute Gasteiger partial charge is 0.318 e. The molecular weight excluding hydrogens is 282 g/mol. The topological polar surface area (TPSA) is 61.9 Å². The van der Waals surface area contributed by atoms with Crippen LogP contribution in [0.1, 0.15) is 12.0 Å². The van der Waals surface area contributed by atoms with Crippen molar-refractivity contribution in [3.63, 3.8) is 0 Å². The van der Waals surface area contributed by atoms with Gasteiger partial charge in [0, 0.05) is 26.7 Å². The summed E-state index contributed by atoms with van der Waals surface area (Å²) in [4.78, 5) is 27.9. The molecule has 0 spiro atoms. The van der Waals surface area contributed by atoms with Gasteiger partial charge in [-0.3, -0.25) is 4.79 Å². The molecule has 0 bridgehead atoms. The molecule has 2 fully saturated rings. The second kappa shape index (κ2) is 6.36. The fraction of sp³-hybridized carbons (Fsp3) is 0.500. The van der Waals surface area contributed by atoms with Crippen LogP contribution >= 0.6 is 0 Å². The van der Waals surface area contributed by atoms with Crippen LogP contribution in [0.4, 0.5) is 4.79 Å². The molecule has 2 heterocycles. The summed E-state index contributed by atoms with van der Waals surface area (Å²) >= 11 is 0. The maximum Gasteiger partial charge on any atom is 0.318 e. The van der Waals surface area contributed by atoms with Crippen molar-refractivity contribution >= 4 is 11.9 Å². The first-order valence-corrected chi connectivity index (χ1v) is 7.56. The fourth-order valence-corrected chi connectivity index (χ4v) is 3.14. The van der Waals surface area contributed by atoms with Crippen LogP contribution in [0.15, 0.2) is 30.3 Å². The minimum absolute atomic E-state index is 0.00524. The van der Waals surface area contributed by atoms with Gasteiger partial charge in [-0.15, -0.1) is 0 Å². The summed E-state index contributed by atoms with van der Waals surface area (Å²) in [6.45, 7) is 1.83. The average molecular weight is 303 g/mol. The predicted molar refractivity (Wildman–Crippen MR) is 81.2 cm³/mol. The molecule has 3 rings (SSSR count). The maximum atomic E-state index is 12.3. The molecule has 1 aromatic rings. The van der Waals surface area contributed by atoms with Gasteiger partial charge in [-0.2, -0.15) is 0 Å². The van der Waals surface area contributed by atoms with Crippen molar-refractivity contribution in [1.82, 2.24) is 15.1 Å². The summed E-state index contributed by atoms with van der Waals surface area (Å²) in [7, 11) is 1.66. The molecule has 2 aliphatic heterocycles. The van der Waals surface area contributed by atoms with Gasteiger partial charge in [-0.05, 0) is 12.0 Å². The van der Waals surface area contributed by atoms with E-state index in [1.807, 2.05) is 35.2 Å². The molecule has 0 unspecified atom stereocenters. The van der Waals surface area contributed by atoms with Gasteiger partial charge in [0.25, 0.3) is 0 Å². The number of nitrogens with zero attached hydrogens (tertiary/aromatic N) is 2. The molecule has 3 amide bonds. The Hall–Kier alpha value is -2.08. The van der Waals surface area contributed by atoms with E-state index in [1.165, 1.54) is 0 Å². The van der Waals surface area contributed by atoms with Crippen LogP contribution in [0.2, 0.25) is 0 Å². The number of urea groups is 1. The number of rotatable bonds is 3. The first kappa shape index (κ1) is 14.8. The highest BCUT2D eigenvalue weighted by atomic mass is 16.5. The van der Waals surface area contributed by atoms with Crippen molar-refractivity contribution in [2.24, 2.45) is 0 Å². The van der Waals surface area contributed by atoms with E-state index in [0.29, 0.717) is 19.6 Å². The van der Waals surface area contributed by atoms with Crippen LogP contribution in [0.5, 0.6) is 0 Å². The quantitative estimate of drug-likeness (QED) is 0.899. The van der Waals surface area contributed by atoms with Crippen LogP contribution in [-0.4, -0.2) is 60.6 Å². The van der Waals surface area contributed by atoms with Crippen LogP contribution in [0.3, 0.4) is 0 Å². The van der Waals surface area contributed by atoms with E-state index in [9.17, 15) is 9.59 Å². The van der Waals surface area contributed by atoms with Gasteiger partial charge in [0.15, 0.2) is 0 Å². The highest BCUT2D eigenvalue weighted by molar-refractivity contribution is 5.86. The minimum Gasteiger partial charge on any atom is -0.380 e. The first-order valence-electron chi connectivity index (χ1n) is 7.56. The second-order valence-corrected chi connectivity index (χ2v) is 5.82. The Bertz CT molecular complexity index is 549. The summed E-state index contributed by atoms with van der Waals surface area (Å²) in [6, 6.07) is 9.63. The first-order chi connectivity index (χ1) is 10.7.